The van der Waals surface area contributed by atoms with Gasteiger partial charge in [-0.15, -0.1) is 0 Å². The van der Waals surface area contributed by atoms with Gasteiger partial charge in [0, 0.05) is 18.2 Å². The van der Waals surface area contributed by atoms with Gasteiger partial charge >= 0.3 is 0 Å². The molecule has 0 saturated carbocycles. The van der Waals surface area contributed by atoms with Crippen LogP contribution < -0.4 is 9.62 Å². The molecule has 1 unspecified atom stereocenters. The third kappa shape index (κ3) is 7.23. The minimum Gasteiger partial charge on any atom is -0.352 e. The van der Waals surface area contributed by atoms with Gasteiger partial charge in [0.05, 0.1) is 10.6 Å². The van der Waals surface area contributed by atoms with E-state index in [2.05, 4.69) is 5.32 Å². The summed E-state index contributed by atoms with van der Waals surface area (Å²) >= 11 is 0. The van der Waals surface area contributed by atoms with Crippen molar-refractivity contribution in [2.45, 2.75) is 65.1 Å². The smallest absolute Gasteiger partial charge is 0.264 e. The monoisotopic (exact) mass is 553 g/mol. The first-order valence-corrected chi connectivity index (χ1v) is 14.2. The number of sulfonamides is 1. The SMILES string of the molecule is Cc1ccc(S(=O)(=O)N(CC(=O)N(Cc2ccccc2F)C(C)C(=O)NC(C)C)c2ccc(C)c(C)c2)cc1. The van der Waals surface area contributed by atoms with Crippen LogP contribution in [0.15, 0.2) is 71.6 Å². The highest BCUT2D eigenvalue weighted by atomic mass is 32.2. The molecular weight excluding hydrogens is 517 g/mol. The van der Waals surface area contributed by atoms with Gasteiger partial charge in [-0.3, -0.25) is 13.9 Å². The van der Waals surface area contributed by atoms with Crippen LogP contribution in [0.2, 0.25) is 0 Å². The van der Waals surface area contributed by atoms with E-state index in [9.17, 15) is 22.4 Å². The molecule has 1 atom stereocenters. The van der Waals surface area contributed by atoms with Crippen molar-refractivity contribution < 1.29 is 22.4 Å². The van der Waals surface area contributed by atoms with Gasteiger partial charge in [0.15, 0.2) is 0 Å². The Kier molecular flexibility index (Phi) is 9.50. The first kappa shape index (κ1) is 29.8. The van der Waals surface area contributed by atoms with E-state index in [1.54, 1.807) is 57.2 Å². The molecule has 3 rings (SSSR count). The number of aryl methyl sites for hydroxylation is 3. The fraction of sp³-hybridized carbons (Fsp3) is 0.333. The maximum atomic E-state index is 14.6. The molecule has 7 nitrogen and oxygen atoms in total. The molecule has 0 fully saturated rings. The third-order valence-corrected chi connectivity index (χ3v) is 8.35. The second-order valence-corrected chi connectivity index (χ2v) is 11.9. The van der Waals surface area contributed by atoms with Crippen LogP contribution in [0.4, 0.5) is 10.1 Å². The first-order chi connectivity index (χ1) is 18.3. The van der Waals surface area contributed by atoms with Gasteiger partial charge in [-0.05, 0) is 83.0 Å². The lowest BCUT2D eigenvalue weighted by Gasteiger charge is -2.32. The number of benzene rings is 3. The van der Waals surface area contributed by atoms with E-state index >= 15 is 0 Å². The molecule has 0 aliphatic heterocycles. The average Bonchev–Trinajstić information content (AvgIpc) is 2.87. The predicted octanol–water partition coefficient (Wildman–Crippen LogP) is 4.89. The molecule has 0 aromatic heterocycles. The summed E-state index contributed by atoms with van der Waals surface area (Å²) in [5, 5.41) is 2.78. The number of anilines is 1. The summed E-state index contributed by atoms with van der Waals surface area (Å²) in [5.74, 6) is -1.59. The van der Waals surface area contributed by atoms with Crippen LogP contribution in [0.5, 0.6) is 0 Å². The summed E-state index contributed by atoms with van der Waals surface area (Å²) in [6.45, 7) is 9.98. The van der Waals surface area contributed by atoms with E-state index in [-0.39, 0.29) is 23.0 Å². The van der Waals surface area contributed by atoms with Crippen molar-refractivity contribution in [3.05, 3.63) is 94.8 Å². The molecule has 1 N–H and O–H groups in total. The summed E-state index contributed by atoms with van der Waals surface area (Å²) < 4.78 is 43.4. The highest BCUT2D eigenvalue weighted by Crippen LogP contribution is 2.27. The second-order valence-electron chi connectivity index (χ2n) is 10.0. The molecular formula is C30H36FN3O4S. The molecule has 0 aliphatic carbocycles. The minimum atomic E-state index is -4.16. The summed E-state index contributed by atoms with van der Waals surface area (Å²) in [4.78, 5) is 28.1. The Morgan fingerprint density at radius 2 is 1.54 bits per heavy atom. The quantitative estimate of drug-likeness (QED) is 0.387. The average molecular weight is 554 g/mol. The van der Waals surface area contributed by atoms with Gasteiger partial charge < -0.3 is 10.2 Å². The number of halogens is 1. The topological polar surface area (TPSA) is 86.8 Å². The van der Waals surface area contributed by atoms with Gasteiger partial charge in [0.1, 0.15) is 18.4 Å². The van der Waals surface area contributed by atoms with Crippen LogP contribution in [0, 0.1) is 26.6 Å². The third-order valence-electron chi connectivity index (χ3n) is 6.56. The van der Waals surface area contributed by atoms with Gasteiger partial charge in [-0.1, -0.05) is 42.0 Å². The number of rotatable bonds is 10. The number of amides is 2. The number of nitrogens with one attached hydrogen (secondary N) is 1. The Morgan fingerprint density at radius 1 is 0.897 bits per heavy atom. The summed E-state index contributed by atoms with van der Waals surface area (Å²) in [6.07, 6.45) is 0. The van der Waals surface area contributed by atoms with Crippen LogP contribution in [0.25, 0.3) is 0 Å². The Labute approximate surface area is 230 Å². The molecule has 0 bridgehead atoms. The molecule has 39 heavy (non-hydrogen) atoms. The Morgan fingerprint density at radius 3 is 2.13 bits per heavy atom. The van der Waals surface area contributed by atoms with E-state index in [4.69, 9.17) is 0 Å². The minimum absolute atomic E-state index is 0.0328. The zero-order chi connectivity index (χ0) is 28.9. The van der Waals surface area contributed by atoms with Crippen molar-refractivity contribution in [1.82, 2.24) is 10.2 Å². The number of nitrogens with zero attached hydrogens (tertiary/aromatic N) is 2. The van der Waals surface area contributed by atoms with Gasteiger partial charge in [-0.25, -0.2) is 12.8 Å². The zero-order valence-electron chi connectivity index (χ0n) is 23.2. The molecule has 0 saturated heterocycles. The molecule has 9 heteroatoms. The predicted molar refractivity (Wildman–Crippen MR) is 151 cm³/mol. The maximum Gasteiger partial charge on any atom is 0.264 e. The van der Waals surface area contributed by atoms with E-state index in [1.807, 2.05) is 20.8 Å². The summed E-state index contributed by atoms with van der Waals surface area (Å²) in [5.41, 5.74) is 3.25. The highest BCUT2D eigenvalue weighted by Gasteiger charge is 2.33. The molecule has 3 aromatic carbocycles. The second kappa shape index (κ2) is 12.4. The molecule has 0 aliphatic rings. The molecule has 0 spiro atoms. The van der Waals surface area contributed by atoms with Crippen molar-refractivity contribution >= 4 is 27.5 Å². The van der Waals surface area contributed by atoms with Crippen LogP contribution in [0.3, 0.4) is 0 Å². The Hall–Kier alpha value is -3.72. The van der Waals surface area contributed by atoms with Crippen molar-refractivity contribution in [3.63, 3.8) is 0 Å². The fourth-order valence-corrected chi connectivity index (χ4v) is 5.45. The molecule has 2 amide bonds. The fourth-order valence-electron chi connectivity index (χ4n) is 4.04. The van der Waals surface area contributed by atoms with E-state index in [1.165, 1.54) is 35.2 Å². The lowest BCUT2D eigenvalue weighted by Crippen LogP contribution is -2.52. The number of carbonyl (C=O) groups excluding carboxylic acids is 2. The van der Waals surface area contributed by atoms with Crippen molar-refractivity contribution in [2.75, 3.05) is 10.8 Å². The maximum absolute atomic E-state index is 14.6. The number of hydrogen-bond acceptors (Lipinski definition) is 4. The number of hydrogen-bond donors (Lipinski definition) is 1. The van der Waals surface area contributed by atoms with Crippen molar-refractivity contribution in [3.8, 4) is 0 Å². The van der Waals surface area contributed by atoms with Gasteiger partial charge in [0.25, 0.3) is 10.0 Å². The van der Waals surface area contributed by atoms with Crippen LogP contribution in [-0.2, 0) is 26.2 Å². The molecule has 208 valence electrons. The van der Waals surface area contributed by atoms with E-state index in [0.717, 1.165) is 21.0 Å². The largest absolute Gasteiger partial charge is 0.352 e. The van der Waals surface area contributed by atoms with Crippen molar-refractivity contribution in [1.29, 1.82) is 0 Å². The van der Waals surface area contributed by atoms with Gasteiger partial charge in [-0.2, -0.15) is 0 Å². The Balaban J connectivity index is 2.07. The standard InChI is InChI=1S/C30H36FN3O4S/c1-20(2)32-30(36)24(6)33(18-25-9-7-8-10-28(25)31)29(35)19-34(26-14-13-22(4)23(5)17-26)39(37,38)27-15-11-21(3)12-16-27/h7-17,20,24H,18-19H2,1-6H3,(H,32,36). The highest BCUT2D eigenvalue weighted by molar-refractivity contribution is 7.92. The van der Waals surface area contributed by atoms with E-state index in [0.29, 0.717) is 5.69 Å². The van der Waals surface area contributed by atoms with Crippen LogP contribution in [0.1, 0.15) is 43.0 Å². The van der Waals surface area contributed by atoms with Gasteiger partial charge in [0.2, 0.25) is 11.8 Å². The lowest BCUT2D eigenvalue weighted by molar-refractivity contribution is -0.139. The first-order valence-electron chi connectivity index (χ1n) is 12.8. The van der Waals surface area contributed by atoms with Crippen LogP contribution >= 0.6 is 0 Å². The normalized spacial score (nSPS) is 12.2. The van der Waals surface area contributed by atoms with Crippen LogP contribution in [-0.4, -0.2) is 43.8 Å². The van der Waals surface area contributed by atoms with Crippen molar-refractivity contribution in [2.24, 2.45) is 0 Å². The lowest BCUT2D eigenvalue weighted by atomic mass is 10.1. The molecule has 3 aromatic rings. The Bertz CT molecular complexity index is 1440. The van der Waals surface area contributed by atoms with E-state index < -0.39 is 40.2 Å². The molecule has 0 radical (unpaired) electrons. The summed E-state index contributed by atoms with van der Waals surface area (Å²) in [6, 6.07) is 16.4. The number of carbonyl (C=O) groups is 2. The summed E-state index contributed by atoms with van der Waals surface area (Å²) in [7, 11) is -4.16. The zero-order valence-corrected chi connectivity index (χ0v) is 24.0. The molecule has 0 heterocycles.